The summed E-state index contributed by atoms with van der Waals surface area (Å²) in [5, 5.41) is 3.00. The first-order valence-electron chi connectivity index (χ1n) is 6.32. The van der Waals surface area contributed by atoms with Gasteiger partial charge in [0.25, 0.3) is 0 Å². The van der Waals surface area contributed by atoms with Gasteiger partial charge in [0.2, 0.25) is 5.91 Å². The zero-order valence-corrected chi connectivity index (χ0v) is 10.9. The van der Waals surface area contributed by atoms with Gasteiger partial charge in [-0.25, -0.2) is 0 Å². The molecule has 0 aromatic carbocycles. The maximum Gasteiger partial charge on any atom is 0.224 e. The van der Waals surface area contributed by atoms with Gasteiger partial charge in [0.05, 0.1) is 32.8 Å². The molecule has 0 aromatic heterocycles. The number of hydrogen-bond donors (Lipinski definition) is 1. The Morgan fingerprint density at radius 2 is 1.88 bits per heavy atom. The molecule has 0 radical (unpaired) electrons. The molecule has 1 aliphatic heterocycles. The minimum absolute atomic E-state index is 0.208. The average molecular weight is 244 g/mol. The minimum atomic E-state index is 0.208. The highest BCUT2D eigenvalue weighted by atomic mass is 16.5. The summed E-state index contributed by atoms with van der Waals surface area (Å²) in [7, 11) is 1.89. The molecule has 1 N–H and O–H groups in total. The first-order valence-corrected chi connectivity index (χ1v) is 6.32. The van der Waals surface area contributed by atoms with Crippen LogP contribution in [0.5, 0.6) is 0 Å². The summed E-state index contributed by atoms with van der Waals surface area (Å²) in [6.07, 6.45) is 0.489. The molecule has 17 heavy (non-hydrogen) atoms. The van der Waals surface area contributed by atoms with Crippen molar-refractivity contribution in [3.8, 4) is 0 Å². The number of nitrogens with zero attached hydrogens (tertiary/aromatic N) is 1. The van der Waals surface area contributed by atoms with Crippen molar-refractivity contribution in [2.75, 3.05) is 53.1 Å². The number of likely N-dealkylation sites (tertiary alicyclic amines) is 1. The Kier molecular flexibility index (Phi) is 7.16. The number of amides is 1. The molecule has 0 atom stereocenters. The van der Waals surface area contributed by atoms with Crippen molar-refractivity contribution in [2.45, 2.75) is 13.3 Å². The smallest absolute Gasteiger partial charge is 0.224 e. The summed E-state index contributed by atoms with van der Waals surface area (Å²) in [5.74, 6) is 0.875. The molecular weight excluding hydrogens is 220 g/mol. The maximum absolute atomic E-state index is 11.6. The van der Waals surface area contributed by atoms with Crippen LogP contribution < -0.4 is 5.32 Å². The predicted molar refractivity (Wildman–Crippen MR) is 65.9 cm³/mol. The Labute approximate surface area is 103 Å². The summed E-state index contributed by atoms with van der Waals surface area (Å²) < 4.78 is 10.6. The second kappa shape index (κ2) is 8.44. The topological polar surface area (TPSA) is 50.8 Å². The van der Waals surface area contributed by atoms with Crippen LogP contribution in [0.25, 0.3) is 0 Å². The van der Waals surface area contributed by atoms with Crippen LogP contribution in [-0.4, -0.2) is 63.9 Å². The SMILES string of the molecule is CNCCOCCOCCC(=O)N1CC(C)C1. The van der Waals surface area contributed by atoms with E-state index in [1.807, 2.05) is 11.9 Å². The van der Waals surface area contributed by atoms with Crippen molar-refractivity contribution in [2.24, 2.45) is 5.92 Å². The minimum Gasteiger partial charge on any atom is -0.379 e. The summed E-state index contributed by atoms with van der Waals surface area (Å²) in [6.45, 7) is 7.18. The maximum atomic E-state index is 11.6. The number of carbonyl (C=O) groups excluding carboxylic acids is 1. The van der Waals surface area contributed by atoms with E-state index < -0.39 is 0 Å². The van der Waals surface area contributed by atoms with E-state index in [1.54, 1.807) is 0 Å². The van der Waals surface area contributed by atoms with E-state index in [1.165, 1.54) is 0 Å². The number of rotatable bonds is 9. The third kappa shape index (κ3) is 6.00. The Hall–Kier alpha value is -0.650. The third-order valence-electron chi connectivity index (χ3n) is 2.75. The Morgan fingerprint density at radius 1 is 1.24 bits per heavy atom. The van der Waals surface area contributed by atoms with E-state index in [9.17, 15) is 4.79 Å². The largest absolute Gasteiger partial charge is 0.379 e. The first-order chi connectivity index (χ1) is 8.24. The normalized spacial score (nSPS) is 16.0. The van der Waals surface area contributed by atoms with Gasteiger partial charge in [-0.1, -0.05) is 6.92 Å². The fourth-order valence-corrected chi connectivity index (χ4v) is 1.72. The molecule has 1 amide bonds. The van der Waals surface area contributed by atoms with E-state index in [0.717, 1.165) is 19.6 Å². The van der Waals surface area contributed by atoms with E-state index in [2.05, 4.69) is 12.2 Å². The zero-order chi connectivity index (χ0) is 12.5. The molecular formula is C12H24N2O3. The summed E-state index contributed by atoms with van der Waals surface area (Å²) in [4.78, 5) is 13.4. The van der Waals surface area contributed by atoms with Crippen LogP contribution in [0.15, 0.2) is 0 Å². The highest BCUT2D eigenvalue weighted by Crippen LogP contribution is 2.14. The zero-order valence-electron chi connectivity index (χ0n) is 10.9. The molecule has 0 bridgehead atoms. The molecule has 0 saturated carbocycles. The number of likely N-dealkylation sites (N-methyl/N-ethyl adjacent to an activating group) is 1. The number of ether oxygens (including phenoxy) is 2. The number of nitrogens with one attached hydrogen (secondary N) is 1. The molecule has 5 heteroatoms. The second-order valence-electron chi connectivity index (χ2n) is 4.48. The number of hydrogen-bond acceptors (Lipinski definition) is 4. The number of carbonyl (C=O) groups is 1. The van der Waals surface area contributed by atoms with E-state index >= 15 is 0 Å². The van der Waals surface area contributed by atoms with E-state index in [0.29, 0.717) is 38.8 Å². The third-order valence-corrected chi connectivity index (χ3v) is 2.75. The van der Waals surface area contributed by atoms with Crippen LogP contribution in [0.4, 0.5) is 0 Å². The van der Waals surface area contributed by atoms with Gasteiger partial charge >= 0.3 is 0 Å². The van der Waals surface area contributed by atoms with Gasteiger partial charge in [-0.2, -0.15) is 0 Å². The lowest BCUT2D eigenvalue weighted by atomic mass is 10.0. The lowest BCUT2D eigenvalue weighted by Crippen LogP contribution is -2.48. The molecule has 1 fully saturated rings. The van der Waals surface area contributed by atoms with Gasteiger partial charge in [-0.05, 0) is 13.0 Å². The molecule has 0 aliphatic carbocycles. The van der Waals surface area contributed by atoms with Crippen molar-refractivity contribution < 1.29 is 14.3 Å². The van der Waals surface area contributed by atoms with Crippen LogP contribution in [-0.2, 0) is 14.3 Å². The van der Waals surface area contributed by atoms with E-state index in [4.69, 9.17) is 9.47 Å². The lowest BCUT2D eigenvalue weighted by Gasteiger charge is -2.37. The van der Waals surface area contributed by atoms with Crippen molar-refractivity contribution >= 4 is 5.91 Å². The van der Waals surface area contributed by atoms with Gasteiger partial charge < -0.3 is 19.7 Å². The Balaban J connectivity index is 1.82. The first kappa shape index (κ1) is 14.4. The van der Waals surface area contributed by atoms with Crippen LogP contribution in [0, 0.1) is 5.92 Å². The monoisotopic (exact) mass is 244 g/mol. The molecule has 1 aliphatic rings. The summed E-state index contributed by atoms with van der Waals surface area (Å²) in [5.41, 5.74) is 0. The fraction of sp³-hybridized carbons (Fsp3) is 0.917. The highest BCUT2D eigenvalue weighted by molar-refractivity contribution is 5.77. The quantitative estimate of drug-likeness (QED) is 0.585. The van der Waals surface area contributed by atoms with Gasteiger partial charge in [0.15, 0.2) is 0 Å². The van der Waals surface area contributed by atoms with Crippen molar-refractivity contribution in [3.05, 3.63) is 0 Å². The van der Waals surface area contributed by atoms with Crippen LogP contribution in [0.3, 0.4) is 0 Å². The molecule has 100 valence electrons. The Bertz CT molecular complexity index is 218. The van der Waals surface area contributed by atoms with Crippen LogP contribution >= 0.6 is 0 Å². The predicted octanol–water partition coefficient (Wildman–Crippen LogP) is 0.107. The second-order valence-corrected chi connectivity index (χ2v) is 4.48. The molecule has 1 saturated heterocycles. The van der Waals surface area contributed by atoms with E-state index in [-0.39, 0.29) is 5.91 Å². The molecule has 0 spiro atoms. The van der Waals surface area contributed by atoms with Crippen LogP contribution in [0.2, 0.25) is 0 Å². The van der Waals surface area contributed by atoms with Gasteiger partial charge in [0.1, 0.15) is 0 Å². The van der Waals surface area contributed by atoms with Gasteiger partial charge in [0, 0.05) is 19.6 Å². The van der Waals surface area contributed by atoms with Crippen molar-refractivity contribution in [3.63, 3.8) is 0 Å². The van der Waals surface area contributed by atoms with Crippen molar-refractivity contribution in [1.29, 1.82) is 0 Å². The van der Waals surface area contributed by atoms with Crippen molar-refractivity contribution in [1.82, 2.24) is 10.2 Å². The van der Waals surface area contributed by atoms with Gasteiger partial charge in [-0.3, -0.25) is 4.79 Å². The summed E-state index contributed by atoms with van der Waals surface area (Å²) in [6, 6.07) is 0. The molecule has 0 unspecified atom stereocenters. The Morgan fingerprint density at radius 3 is 2.47 bits per heavy atom. The summed E-state index contributed by atoms with van der Waals surface area (Å²) >= 11 is 0. The molecule has 0 aromatic rings. The van der Waals surface area contributed by atoms with Crippen LogP contribution in [0.1, 0.15) is 13.3 Å². The average Bonchev–Trinajstić information content (AvgIpc) is 2.28. The standard InChI is InChI=1S/C12H24N2O3/c1-11-9-14(10-11)12(15)3-5-16-7-8-17-6-4-13-2/h11,13H,3-10H2,1-2H3. The molecule has 1 rings (SSSR count). The molecule has 1 heterocycles. The fourth-order valence-electron chi connectivity index (χ4n) is 1.72. The lowest BCUT2D eigenvalue weighted by molar-refractivity contribution is -0.138. The van der Waals surface area contributed by atoms with Gasteiger partial charge in [-0.15, -0.1) is 0 Å². The highest BCUT2D eigenvalue weighted by Gasteiger charge is 2.26. The molecule has 5 nitrogen and oxygen atoms in total.